The van der Waals surface area contributed by atoms with Crippen molar-refractivity contribution in [1.82, 2.24) is 9.80 Å². The number of nitrogens with zero attached hydrogens (tertiary/aromatic N) is 2. The first-order chi connectivity index (χ1) is 11.7. The van der Waals surface area contributed by atoms with Gasteiger partial charge in [-0.3, -0.25) is 4.90 Å². The lowest BCUT2D eigenvalue weighted by Crippen LogP contribution is -2.51. The molecule has 132 valence electrons. The summed E-state index contributed by atoms with van der Waals surface area (Å²) < 4.78 is 5.44. The molecule has 1 aromatic carbocycles. The maximum absolute atomic E-state index is 12.8. The molecule has 0 aromatic heterocycles. The highest BCUT2D eigenvalue weighted by atomic mass is 32.2. The Bertz CT molecular complexity index is 532. The highest BCUT2D eigenvalue weighted by Crippen LogP contribution is 2.19. The van der Waals surface area contributed by atoms with Crippen molar-refractivity contribution in [3.8, 4) is 0 Å². The van der Waals surface area contributed by atoms with Gasteiger partial charge in [0.15, 0.2) is 0 Å². The van der Waals surface area contributed by atoms with Crippen LogP contribution in [0.2, 0.25) is 0 Å². The van der Waals surface area contributed by atoms with Gasteiger partial charge >= 0.3 is 6.03 Å². The fraction of sp³-hybridized carbons (Fsp3) is 0.611. The van der Waals surface area contributed by atoms with Crippen LogP contribution in [-0.2, 0) is 4.74 Å². The van der Waals surface area contributed by atoms with Crippen LogP contribution in [-0.4, -0.2) is 72.8 Å². The van der Waals surface area contributed by atoms with E-state index in [9.17, 15) is 4.79 Å². The number of carbonyl (C=O) groups excluding carboxylic acids is 1. The number of amides is 2. The van der Waals surface area contributed by atoms with Crippen LogP contribution in [0.3, 0.4) is 0 Å². The summed E-state index contributed by atoms with van der Waals surface area (Å²) in [5.41, 5.74) is 2.07. The fourth-order valence-electron chi connectivity index (χ4n) is 3.16. The molecule has 5 nitrogen and oxygen atoms in total. The number of rotatable bonds is 3. The summed E-state index contributed by atoms with van der Waals surface area (Å²) >= 11 is 1.96. The van der Waals surface area contributed by atoms with E-state index < -0.39 is 0 Å². The van der Waals surface area contributed by atoms with Crippen LogP contribution < -0.4 is 5.32 Å². The van der Waals surface area contributed by atoms with Crippen molar-refractivity contribution in [1.29, 1.82) is 0 Å². The van der Waals surface area contributed by atoms with Crippen molar-refractivity contribution < 1.29 is 9.53 Å². The van der Waals surface area contributed by atoms with Gasteiger partial charge in [-0.25, -0.2) is 4.79 Å². The number of carbonyl (C=O) groups is 1. The van der Waals surface area contributed by atoms with Gasteiger partial charge in [-0.1, -0.05) is 17.7 Å². The largest absolute Gasteiger partial charge is 0.379 e. The zero-order valence-corrected chi connectivity index (χ0v) is 15.2. The van der Waals surface area contributed by atoms with Crippen molar-refractivity contribution >= 4 is 23.5 Å². The number of urea groups is 1. The van der Waals surface area contributed by atoms with Crippen molar-refractivity contribution in [3.63, 3.8) is 0 Å². The number of hydrogen-bond donors (Lipinski definition) is 1. The summed E-state index contributed by atoms with van der Waals surface area (Å²) in [6.07, 6.45) is 1.06. The van der Waals surface area contributed by atoms with E-state index in [0.29, 0.717) is 0 Å². The molecule has 2 heterocycles. The summed E-state index contributed by atoms with van der Waals surface area (Å²) in [7, 11) is 0. The summed E-state index contributed by atoms with van der Waals surface area (Å²) in [5.74, 6) is 2.15. The topological polar surface area (TPSA) is 44.8 Å². The molecule has 2 amide bonds. The standard InChI is InChI=1S/C18H27N3O2S/c1-15-3-5-16(6-4-15)19-18(22)21-7-2-12-24-14-17(21)13-20-8-10-23-11-9-20/h3-6,17H,2,7-14H2,1H3,(H,19,22). The molecule has 2 fully saturated rings. The first kappa shape index (κ1) is 17.6. The molecule has 1 aromatic rings. The molecule has 2 aliphatic rings. The van der Waals surface area contributed by atoms with Gasteiger partial charge in [0.05, 0.1) is 19.3 Å². The third-order valence-electron chi connectivity index (χ3n) is 4.58. The van der Waals surface area contributed by atoms with Gasteiger partial charge in [0.2, 0.25) is 0 Å². The molecule has 1 N–H and O–H groups in total. The summed E-state index contributed by atoms with van der Waals surface area (Å²) in [4.78, 5) is 17.3. The van der Waals surface area contributed by atoms with Crippen molar-refractivity contribution in [2.75, 3.05) is 56.2 Å². The third kappa shape index (κ3) is 4.88. The monoisotopic (exact) mass is 349 g/mol. The quantitative estimate of drug-likeness (QED) is 0.911. The lowest BCUT2D eigenvalue weighted by molar-refractivity contribution is 0.0288. The molecule has 2 saturated heterocycles. The molecule has 0 spiro atoms. The van der Waals surface area contributed by atoms with Gasteiger partial charge in [-0.15, -0.1) is 0 Å². The number of hydrogen-bond acceptors (Lipinski definition) is 4. The average Bonchev–Trinajstić information content (AvgIpc) is 2.83. The summed E-state index contributed by atoms with van der Waals surface area (Å²) in [6, 6.07) is 8.28. The number of nitrogens with one attached hydrogen (secondary N) is 1. The van der Waals surface area contributed by atoms with Gasteiger partial charge < -0.3 is 15.0 Å². The van der Waals surface area contributed by atoms with E-state index in [2.05, 4.69) is 17.1 Å². The highest BCUT2D eigenvalue weighted by molar-refractivity contribution is 7.99. The first-order valence-corrected chi connectivity index (χ1v) is 9.90. The molecule has 0 aliphatic carbocycles. The molecule has 6 heteroatoms. The molecule has 3 rings (SSSR count). The predicted octanol–water partition coefficient (Wildman–Crippen LogP) is 2.67. The summed E-state index contributed by atoms with van der Waals surface area (Å²) in [5, 5.41) is 3.07. The molecule has 24 heavy (non-hydrogen) atoms. The normalized spacial score (nSPS) is 22.9. The van der Waals surface area contributed by atoms with Crippen LogP contribution in [0.4, 0.5) is 10.5 Å². The van der Waals surface area contributed by atoms with E-state index in [-0.39, 0.29) is 12.1 Å². The minimum Gasteiger partial charge on any atom is -0.379 e. The Kier molecular flexibility index (Phi) is 6.40. The second-order valence-corrected chi connectivity index (χ2v) is 7.63. The maximum Gasteiger partial charge on any atom is 0.322 e. The first-order valence-electron chi connectivity index (χ1n) is 8.74. The number of aryl methyl sites for hydroxylation is 1. The van der Waals surface area contributed by atoms with Gasteiger partial charge in [-0.05, 0) is 31.2 Å². The van der Waals surface area contributed by atoms with E-state index >= 15 is 0 Å². The Morgan fingerprint density at radius 3 is 2.75 bits per heavy atom. The second-order valence-electron chi connectivity index (χ2n) is 6.48. The van der Waals surface area contributed by atoms with Crippen LogP contribution >= 0.6 is 11.8 Å². The smallest absolute Gasteiger partial charge is 0.322 e. The lowest BCUT2D eigenvalue weighted by Gasteiger charge is -2.35. The summed E-state index contributed by atoms with van der Waals surface area (Å²) in [6.45, 7) is 7.36. The van der Waals surface area contributed by atoms with Crippen LogP contribution in [0, 0.1) is 6.92 Å². The van der Waals surface area contributed by atoms with Crippen molar-refractivity contribution in [2.24, 2.45) is 0 Å². The van der Waals surface area contributed by atoms with Crippen LogP contribution in [0.25, 0.3) is 0 Å². The lowest BCUT2D eigenvalue weighted by atomic mass is 10.2. The molecule has 0 saturated carbocycles. The van der Waals surface area contributed by atoms with E-state index in [0.717, 1.165) is 63.0 Å². The molecule has 1 unspecified atom stereocenters. The number of ether oxygens (including phenoxy) is 1. The Morgan fingerprint density at radius 1 is 1.25 bits per heavy atom. The van der Waals surface area contributed by atoms with Crippen molar-refractivity contribution in [2.45, 2.75) is 19.4 Å². The second kappa shape index (κ2) is 8.74. The minimum absolute atomic E-state index is 0.0274. The molecule has 2 aliphatic heterocycles. The maximum atomic E-state index is 12.8. The molecule has 1 atom stereocenters. The van der Waals surface area contributed by atoms with E-state index in [1.807, 2.05) is 40.9 Å². The Morgan fingerprint density at radius 2 is 2.00 bits per heavy atom. The molecular weight excluding hydrogens is 322 g/mol. The number of morpholine rings is 1. The molecule has 0 bridgehead atoms. The van der Waals surface area contributed by atoms with Crippen LogP contribution in [0.15, 0.2) is 24.3 Å². The zero-order valence-electron chi connectivity index (χ0n) is 14.4. The van der Waals surface area contributed by atoms with Crippen LogP contribution in [0.5, 0.6) is 0 Å². The van der Waals surface area contributed by atoms with E-state index in [4.69, 9.17) is 4.74 Å². The third-order valence-corrected chi connectivity index (χ3v) is 5.77. The Hall–Kier alpha value is -1.24. The zero-order chi connectivity index (χ0) is 16.8. The number of thioether (sulfide) groups is 1. The van der Waals surface area contributed by atoms with Gasteiger partial charge in [0, 0.05) is 37.6 Å². The average molecular weight is 350 g/mol. The highest BCUT2D eigenvalue weighted by Gasteiger charge is 2.28. The van der Waals surface area contributed by atoms with Crippen molar-refractivity contribution in [3.05, 3.63) is 29.8 Å². The minimum atomic E-state index is 0.0274. The SMILES string of the molecule is Cc1ccc(NC(=O)N2CCCSCC2CN2CCOCC2)cc1. The van der Waals surface area contributed by atoms with E-state index in [1.54, 1.807) is 0 Å². The van der Waals surface area contributed by atoms with Gasteiger partial charge in [0.1, 0.15) is 0 Å². The molecule has 0 radical (unpaired) electrons. The predicted molar refractivity (Wildman–Crippen MR) is 99.9 cm³/mol. The number of anilines is 1. The number of benzene rings is 1. The van der Waals surface area contributed by atoms with Gasteiger partial charge in [0.25, 0.3) is 0 Å². The Balaban J connectivity index is 1.64. The fourth-order valence-corrected chi connectivity index (χ4v) is 4.22. The van der Waals surface area contributed by atoms with Crippen LogP contribution in [0.1, 0.15) is 12.0 Å². The molecular formula is C18H27N3O2S. The van der Waals surface area contributed by atoms with Gasteiger partial charge in [-0.2, -0.15) is 11.8 Å². The van der Waals surface area contributed by atoms with E-state index in [1.165, 1.54) is 5.56 Å². The Labute approximate surface area is 148 Å².